The summed E-state index contributed by atoms with van der Waals surface area (Å²) in [5, 5.41) is 19.3. The fraction of sp³-hybridized carbons (Fsp3) is 0.259. The Morgan fingerprint density at radius 2 is 1.74 bits per heavy atom. The van der Waals surface area contributed by atoms with E-state index in [1.165, 1.54) is 12.1 Å². The molecule has 5 N–H and O–H groups in total. The number of carboxylic acids is 1. The number of hydrogen-bond acceptors (Lipinski definition) is 7. The maximum atomic E-state index is 12.8. The number of benzene rings is 3. The van der Waals surface area contributed by atoms with E-state index in [0.717, 1.165) is 23.9 Å². The minimum Gasteiger partial charge on any atom is -0.480 e. The zero-order valence-corrected chi connectivity index (χ0v) is 21.8. The van der Waals surface area contributed by atoms with Crippen LogP contribution >= 0.6 is 0 Å². The summed E-state index contributed by atoms with van der Waals surface area (Å²) in [4.78, 5) is 40.6. The van der Waals surface area contributed by atoms with Crippen molar-refractivity contribution in [1.29, 1.82) is 0 Å². The molecule has 0 radical (unpaired) electrons. The van der Waals surface area contributed by atoms with Gasteiger partial charge in [0.05, 0.1) is 4.90 Å². The van der Waals surface area contributed by atoms with Crippen LogP contribution in [0.4, 0.5) is 0 Å². The second kappa shape index (κ2) is 12.5. The Hall–Kier alpha value is -4.29. The van der Waals surface area contributed by atoms with Crippen LogP contribution in [-0.4, -0.2) is 62.9 Å². The Labute approximate surface area is 225 Å². The lowest BCUT2D eigenvalue weighted by molar-refractivity contribution is -0.138. The van der Waals surface area contributed by atoms with Crippen molar-refractivity contribution in [3.8, 4) is 0 Å². The molecule has 1 atom stereocenters. The first-order chi connectivity index (χ1) is 18.7. The summed E-state index contributed by atoms with van der Waals surface area (Å²) in [6, 6.07) is 16.6. The van der Waals surface area contributed by atoms with Gasteiger partial charge in [-0.25, -0.2) is 8.42 Å². The summed E-state index contributed by atoms with van der Waals surface area (Å²) in [5.41, 5.74) is 1.11. The number of sulfonamides is 1. The number of aliphatic imine (C=N–C) groups is 1. The second-order valence-electron chi connectivity index (χ2n) is 8.99. The summed E-state index contributed by atoms with van der Waals surface area (Å²) in [7, 11) is -4.16. The molecular formula is C27H29N5O6S. The zero-order valence-electron chi connectivity index (χ0n) is 21.0. The highest BCUT2D eigenvalue weighted by atomic mass is 32.2. The Balaban J connectivity index is 1.30. The SMILES string of the molecule is O=C(CCc1ccc(C(=O)NCC(NS(=O)(=O)c2ccc3ccccc3c2)C(=O)O)cc1)NC1=NCCCN1. The number of nitrogens with one attached hydrogen (secondary N) is 4. The van der Waals surface area contributed by atoms with Crippen LogP contribution in [0, 0.1) is 0 Å². The first kappa shape index (κ1) is 27.7. The predicted molar refractivity (Wildman–Crippen MR) is 146 cm³/mol. The van der Waals surface area contributed by atoms with Gasteiger partial charge in [-0.3, -0.25) is 24.7 Å². The molecule has 39 heavy (non-hydrogen) atoms. The van der Waals surface area contributed by atoms with Crippen molar-refractivity contribution in [2.75, 3.05) is 19.6 Å². The van der Waals surface area contributed by atoms with E-state index in [1.807, 2.05) is 12.1 Å². The third kappa shape index (κ3) is 7.62. The van der Waals surface area contributed by atoms with Crippen molar-refractivity contribution in [3.63, 3.8) is 0 Å². The van der Waals surface area contributed by atoms with Crippen LogP contribution < -0.4 is 20.7 Å². The van der Waals surface area contributed by atoms with Gasteiger partial charge < -0.3 is 15.7 Å². The highest BCUT2D eigenvalue weighted by molar-refractivity contribution is 7.89. The van der Waals surface area contributed by atoms with Crippen LogP contribution in [-0.2, 0) is 26.0 Å². The Kier molecular flexibility index (Phi) is 8.89. The largest absolute Gasteiger partial charge is 0.480 e. The topological polar surface area (TPSA) is 166 Å². The zero-order chi connectivity index (χ0) is 27.8. The van der Waals surface area contributed by atoms with Gasteiger partial charge in [-0.15, -0.1) is 0 Å². The Morgan fingerprint density at radius 3 is 2.44 bits per heavy atom. The number of carbonyl (C=O) groups is 3. The summed E-state index contributed by atoms with van der Waals surface area (Å²) in [6.07, 6.45) is 1.62. The van der Waals surface area contributed by atoms with Crippen LogP contribution in [0.5, 0.6) is 0 Å². The molecule has 1 aliphatic heterocycles. The van der Waals surface area contributed by atoms with Gasteiger partial charge >= 0.3 is 5.97 Å². The number of carboxylic acid groups (broad SMARTS) is 1. The van der Waals surface area contributed by atoms with E-state index in [9.17, 15) is 27.9 Å². The number of nitrogens with zero attached hydrogens (tertiary/aromatic N) is 1. The van der Waals surface area contributed by atoms with Gasteiger partial charge in [0.2, 0.25) is 15.9 Å². The smallest absolute Gasteiger partial charge is 0.323 e. The average molecular weight is 552 g/mol. The normalized spacial score (nSPS) is 14.1. The highest BCUT2D eigenvalue weighted by Crippen LogP contribution is 2.19. The molecule has 3 aromatic rings. The molecule has 1 heterocycles. The fourth-order valence-corrected chi connectivity index (χ4v) is 5.18. The summed E-state index contributed by atoms with van der Waals surface area (Å²) in [6.45, 7) is 0.989. The third-order valence-corrected chi connectivity index (χ3v) is 7.57. The van der Waals surface area contributed by atoms with Gasteiger partial charge in [0.25, 0.3) is 5.91 Å². The molecule has 0 saturated carbocycles. The van der Waals surface area contributed by atoms with Crippen molar-refractivity contribution >= 4 is 44.5 Å². The van der Waals surface area contributed by atoms with Crippen LogP contribution in [0.1, 0.15) is 28.8 Å². The minimum atomic E-state index is -4.16. The lowest BCUT2D eigenvalue weighted by Gasteiger charge is -2.16. The van der Waals surface area contributed by atoms with E-state index in [2.05, 4.69) is 25.7 Å². The lowest BCUT2D eigenvalue weighted by atomic mass is 10.1. The number of guanidine groups is 1. The van der Waals surface area contributed by atoms with Crippen molar-refractivity contribution in [2.24, 2.45) is 4.99 Å². The van der Waals surface area contributed by atoms with Crippen molar-refractivity contribution in [3.05, 3.63) is 77.9 Å². The van der Waals surface area contributed by atoms with Gasteiger partial charge in [0, 0.05) is 31.6 Å². The number of rotatable bonds is 10. The molecule has 11 nitrogen and oxygen atoms in total. The quantitative estimate of drug-likeness (QED) is 0.254. The van der Waals surface area contributed by atoms with Crippen LogP contribution in [0.25, 0.3) is 10.8 Å². The van der Waals surface area contributed by atoms with E-state index < -0.39 is 34.5 Å². The van der Waals surface area contributed by atoms with Crippen LogP contribution in [0.3, 0.4) is 0 Å². The van der Waals surface area contributed by atoms with Crippen LogP contribution in [0.15, 0.2) is 76.6 Å². The third-order valence-electron chi connectivity index (χ3n) is 6.11. The number of fused-ring (bicyclic) bond motifs is 1. The Bertz CT molecular complexity index is 1500. The monoisotopic (exact) mass is 551 g/mol. The molecule has 0 aromatic heterocycles. The number of hydrogen-bond donors (Lipinski definition) is 5. The van der Waals surface area contributed by atoms with E-state index in [1.54, 1.807) is 42.5 Å². The van der Waals surface area contributed by atoms with Gasteiger partial charge in [-0.1, -0.05) is 42.5 Å². The molecule has 0 spiro atoms. The molecule has 0 fully saturated rings. The lowest BCUT2D eigenvalue weighted by Crippen LogP contribution is -2.48. The molecule has 2 amide bonds. The van der Waals surface area contributed by atoms with Gasteiger partial charge in [-0.2, -0.15) is 4.72 Å². The molecule has 1 aliphatic rings. The molecule has 0 saturated heterocycles. The van der Waals surface area contributed by atoms with Crippen molar-refractivity contribution < 1.29 is 27.9 Å². The van der Waals surface area contributed by atoms with Crippen LogP contribution in [0.2, 0.25) is 0 Å². The number of aliphatic carboxylic acids is 1. The van der Waals surface area contributed by atoms with E-state index >= 15 is 0 Å². The second-order valence-corrected chi connectivity index (χ2v) is 10.7. The van der Waals surface area contributed by atoms with Gasteiger partial charge in [0.1, 0.15) is 6.04 Å². The maximum absolute atomic E-state index is 12.8. The average Bonchev–Trinajstić information content (AvgIpc) is 2.94. The molecule has 204 valence electrons. The maximum Gasteiger partial charge on any atom is 0.323 e. The van der Waals surface area contributed by atoms with Crippen molar-refractivity contribution in [2.45, 2.75) is 30.2 Å². The molecule has 3 aromatic carbocycles. The van der Waals surface area contributed by atoms with E-state index in [-0.39, 0.29) is 22.8 Å². The summed E-state index contributed by atoms with van der Waals surface area (Å²) < 4.78 is 27.8. The standard InChI is InChI=1S/C27H29N5O6S/c33-24(31-27-28-14-3-15-29-27)13-8-18-6-9-20(10-7-18)25(34)30-17-23(26(35)36)32-39(37,38)22-12-11-19-4-1-2-5-21(19)16-22/h1-2,4-7,9-12,16,23,32H,3,8,13-15,17H2,(H,30,34)(H,35,36)(H2,28,29,31,33). The summed E-state index contributed by atoms with van der Waals surface area (Å²) in [5.74, 6) is -1.67. The fourth-order valence-electron chi connectivity index (χ4n) is 3.96. The van der Waals surface area contributed by atoms with E-state index in [4.69, 9.17) is 0 Å². The van der Waals surface area contributed by atoms with Gasteiger partial charge in [0.15, 0.2) is 5.96 Å². The molecule has 0 aliphatic carbocycles. The van der Waals surface area contributed by atoms with Crippen molar-refractivity contribution in [1.82, 2.24) is 20.7 Å². The number of amides is 2. The molecule has 12 heteroatoms. The number of aryl methyl sites for hydroxylation is 1. The Morgan fingerprint density at radius 1 is 1.00 bits per heavy atom. The first-order valence-electron chi connectivity index (χ1n) is 12.4. The number of carbonyl (C=O) groups excluding carboxylic acids is 2. The summed E-state index contributed by atoms with van der Waals surface area (Å²) >= 11 is 0. The van der Waals surface area contributed by atoms with Gasteiger partial charge in [-0.05, 0) is 53.4 Å². The molecule has 0 bridgehead atoms. The minimum absolute atomic E-state index is 0.0777. The molecule has 4 rings (SSSR count). The van der Waals surface area contributed by atoms with E-state index in [0.29, 0.717) is 24.3 Å². The highest BCUT2D eigenvalue weighted by Gasteiger charge is 2.26. The molecular weight excluding hydrogens is 522 g/mol. The predicted octanol–water partition coefficient (Wildman–Crippen LogP) is 1.40. The molecule has 1 unspecified atom stereocenters. The first-order valence-corrected chi connectivity index (χ1v) is 13.9.